The summed E-state index contributed by atoms with van der Waals surface area (Å²) in [6.07, 6.45) is 1.87. The van der Waals surface area contributed by atoms with Crippen LogP contribution in [-0.2, 0) is 5.88 Å². The van der Waals surface area contributed by atoms with Crippen molar-refractivity contribution in [1.29, 1.82) is 0 Å². The predicted octanol–water partition coefficient (Wildman–Crippen LogP) is 3.55. The van der Waals surface area contributed by atoms with Gasteiger partial charge in [-0.2, -0.15) is 0 Å². The van der Waals surface area contributed by atoms with E-state index in [9.17, 15) is 0 Å². The van der Waals surface area contributed by atoms with E-state index in [1.165, 1.54) is 10.4 Å². The van der Waals surface area contributed by atoms with Crippen molar-refractivity contribution in [2.45, 2.75) is 5.88 Å². The first-order chi connectivity index (χ1) is 6.40. The van der Waals surface area contributed by atoms with E-state index in [2.05, 4.69) is 17.1 Å². The van der Waals surface area contributed by atoms with E-state index in [1.54, 1.807) is 11.3 Å². The highest BCUT2D eigenvalue weighted by atomic mass is 35.5. The van der Waals surface area contributed by atoms with Gasteiger partial charge in [0.25, 0.3) is 0 Å². The average Bonchev–Trinajstić information content (AvgIpc) is 2.67. The SMILES string of the molecule is ClCc1ncc(-c2ccccc2)s1. The van der Waals surface area contributed by atoms with Crippen LogP contribution < -0.4 is 0 Å². The first-order valence-electron chi connectivity index (χ1n) is 3.96. The van der Waals surface area contributed by atoms with Crippen molar-refractivity contribution < 1.29 is 0 Å². The van der Waals surface area contributed by atoms with Gasteiger partial charge in [-0.25, -0.2) is 4.98 Å². The highest BCUT2D eigenvalue weighted by molar-refractivity contribution is 7.15. The standard InChI is InChI=1S/C10H8ClNS/c11-6-10-12-7-9(13-10)8-4-2-1-3-5-8/h1-5,7H,6H2. The van der Waals surface area contributed by atoms with Gasteiger partial charge >= 0.3 is 0 Å². The molecule has 66 valence electrons. The number of rotatable bonds is 2. The molecule has 1 aromatic carbocycles. The predicted molar refractivity (Wildman–Crippen MR) is 57.1 cm³/mol. The molecule has 0 spiro atoms. The van der Waals surface area contributed by atoms with Crippen LogP contribution in [0.2, 0.25) is 0 Å². The lowest BCUT2D eigenvalue weighted by molar-refractivity contribution is 1.26. The fourth-order valence-corrected chi connectivity index (χ4v) is 2.11. The Hall–Kier alpha value is -0.860. The first kappa shape index (κ1) is 8.73. The molecule has 0 aliphatic heterocycles. The van der Waals surface area contributed by atoms with Gasteiger partial charge < -0.3 is 0 Å². The van der Waals surface area contributed by atoms with E-state index >= 15 is 0 Å². The molecule has 0 saturated heterocycles. The maximum absolute atomic E-state index is 5.68. The molecule has 0 aliphatic carbocycles. The summed E-state index contributed by atoms with van der Waals surface area (Å²) < 4.78 is 0. The normalized spacial score (nSPS) is 10.2. The van der Waals surface area contributed by atoms with Gasteiger partial charge in [-0.1, -0.05) is 30.3 Å². The molecule has 1 aromatic heterocycles. The quantitative estimate of drug-likeness (QED) is 0.690. The molecule has 13 heavy (non-hydrogen) atoms. The average molecular weight is 210 g/mol. The van der Waals surface area contributed by atoms with Gasteiger partial charge in [-0.3, -0.25) is 0 Å². The van der Waals surface area contributed by atoms with Crippen LogP contribution in [0.3, 0.4) is 0 Å². The monoisotopic (exact) mass is 209 g/mol. The molecule has 3 heteroatoms. The van der Waals surface area contributed by atoms with Gasteiger partial charge in [0, 0.05) is 6.20 Å². The van der Waals surface area contributed by atoms with Crippen molar-refractivity contribution >= 4 is 22.9 Å². The maximum atomic E-state index is 5.68. The van der Waals surface area contributed by atoms with E-state index in [4.69, 9.17) is 11.6 Å². The Morgan fingerprint density at radius 2 is 2.00 bits per heavy atom. The van der Waals surface area contributed by atoms with Gasteiger partial charge in [-0.15, -0.1) is 22.9 Å². The lowest BCUT2D eigenvalue weighted by atomic mass is 10.2. The van der Waals surface area contributed by atoms with Crippen molar-refractivity contribution in [2.75, 3.05) is 0 Å². The molecule has 2 aromatic rings. The summed E-state index contributed by atoms with van der Waals surface area (Å²) in [7, 11) is 0. The molecule has 2 rings (SSSR count). The molecule has 0 radical (unpaired) electrons. The van der Waals surface area contributed by atoms with Crippen LogP contribution in [0.25, 0.3) is 10.4 Å². The number of nitrogens with zero attached hydrogens (tertiary/aromatic N) is 1. The van der Waals surface area contributed by atoms with Crippen LogP contribution >= 0.6 is 22.9 Å². The van der Waals surface area contributed by atoms with E-state index in [0.29, 0.717) is 5.88 Å². The summed E-state index contributed by atoms with van der Waals surface area (Å²) in [4.78, 5) is 5.37. The molecule has 0 saturated carbocycles. The molecule has 1 heterocycles. The van der Waals surface area contributed by atoms with Gasteiger partial charge in [0.1, 0.15) is 5.01 Å². The van der Waals surface area contributed by atoms with Crippen LogP contribution in [0, 0.1) is 0 Å². The Bertz CT molecular complexity index is 383. The van der Waals surface area contributed by atoms with Crippen LogP contribution in [0.5, 0.6) is 0 Å². The Morgan fingerprint density at radius 1 is 1.23 bits per heavy atom. The second-order valence-corrected chi connectivity index (χ2v) is 4.00. The van der Waals surface area contributed by atoms with Crippen molar-refractivity contribution in [1.82, 2.24) is 4.98 Å². The zero-order valence-electron chi connectivity index (χ0n) is 6.90. The number of hydrogen-bond acceptors (Lipinski definition) is 2. The van der Waals surface area contributed by atoms with Gasteiger partial charge in [0.15, 0.2) is 0 Å². The van der Waals surface area contributed by atoms with Crippen molar-refractivity contribution in [3.8, 4) is 10.4 Å². The Kier molecular flexibility index (Phi) is 2.62. The van der Waals surface area contributed by atoms with Crippen molar-refractivity contribution in [3.63, 3.8) is 0 Å². The number of benzene rings is 1. The summed E-state index contributed by atoms with van der Waals surface area (Å²) in [6.45, 7) is 0. The summed E-state index contributed by atoms with van der Waals surface area (Å²) in [5, 5.41) is 0.973. The van der Waals surface area contributed by atoms with Crippen LogP contribution in [0.4, 0.5) is 0 Å². The van der Waals surface area contributed by atoms with Crippen LogP contribution in [-0.4, -0.2) is 4.98 Å². The highest BCUT2D eigenvalue weighted by Crippen LogP contribution is 2.26. The van der Waals surface area contributed by atoms with Crippen molar-refractivity contribution in [3.05, 3.63) is 41.5 Å². The second kappa shape index (κ2) is 3.90. The summed E-state index contributed by atoms with van der Waals surface area (Å²) >= 11 is 7.32. The van der Waals surface area contributed by atoms with Gasteiger partial charge in [-0.05, 0) is 5.56 Å². The lowest BCUT2D eigenvalue weighted by Gasteiger charge is -1.92. The largest absolute Gasteiger partial charge is 0.248 e. The number of hydrogen-bond donors (Lipinski definition) is 0. The number of thiazole rings is 1. The Balaban J connectivity index is 2.36. The molecule has 0 amide bonds. The molecule has 0 unspecified atom stereocenters. The lowest BCUT2D eigenvalue weighted by Crippen LogP contribution is -1.68. The zero-order chi connectivity index (χ0) is 9.10. The van der Waals surface area contributed by atoms with Crippen molar-refractivity contribution in [2.24, 2.45) is 0 Å². The fourth-order valence-electron chi connectivity index (χ4n) is 1.11. The molecular formula is C10H8ClNS. The Labute approximate surface area is 86.0 Å². The van der Waals surface area contributed by atoms with E-state index < -0.39 is 0 Å². The smallest absolute Gasteiger partial charge is 0.108 e. The molecule has 0 N–H and O–H groups in total. The maximum Gasteiger partial charge on any atom is 0.108 e. The van der Waals surface area contributed by atoms with Crippen LogP contribution in [0.15, 0.2) is 36.5 Å². The summed E-state index contributed by atoms with van der Waals surface area (Å²) in [5.41, 5.74) is 1.20. The first-order valence-corrected chi connectivity index (χ1v) is 5.31. The number of aromatic nitrogens is 1. The van der Waals surface area contributed by atoms with Gasteiger partial charge in [0.2, 0.25) is 0 Å². The van der Waals surface area contributed by atoms with E-state index in [0.717, 1.165) is 5.01 Å². The molecule has 1 nitrogen and oxygen atoms in total. The minimum Gasteiger partial charge on any atom is -0.248 e. The molecule has 0 bridgehead atoms. The summed E-state index contributed by atoms with van der Waals surface area (Å²) in [6, 6.07) is 10.2. The van der Waals surface area contributed by atoms with E-state index in [1.807, 2.05) is 24.4 Å². The zero-order valence-corrected chi connectivity index (χ0v) is 8.48. The minimum absolute atomic E-state index is 0.498. The Morgan fingerprint density at radius 3 is 2.62 bits per heavy atom. The number of alkyl halides is 1. The molecule has 0 aliphatic rings. The second-order valence-electron chi connectivity index (χ2n) is 2.62. The topological polar surface area (TPSA) is 12.9 Å². The van der Waals surface area contributed by atoms with E-state index in [-0.39, 0.29) is 0 Å². The minimum atomic E-state index is 0.498. The van der Waals surface area contributed by atoms with Gasteiger partial charge in [0.05, 0.1) is 10.8 Å². The molecular weight excluding hydrogens is 202 g/mol. The number of halogens is 1. The highest BCUT2D eigenvalue weighted by Gasteiger charge is 2.01. The molecule has 0 fully saturated rings. The third kappa shape index (κ3) is 1.90. The van der Waals surface area contributed by atoms with Crippen LogP contribution in [0.1, 0.15) is 5.01 Å². The fraction of sp³-hybridized carbons (Fsp3) is 0.100. The summed E-state index contributed by atoms with van der Waals surface area (Å²) in [5.74, 6) is 0.498. The third-order valence-corrected chi connectivity index (χ3v) is 3.18. The molecule has 0 atom stereocenters. The third-order valence-electron chi connectivity index (χ3n) is 1.73.